The number of benzene rings is 1. The number of imidazole rings is 1. The van der Waals surface area contributed by atoms with Gasteiger partial charge >= 0.3 is 0 Å². The molecule has 0 saturated carbocycles. The lowest BCUT2D eigenvalue weighted by Gasteiger charge is -2.00. The summed E-state index contributed by atoms with van der Waals surface area (Å²) in [6.45, 7) is 2.12. The Morgan fingerprint density at radius 2 is 2.18 bits per heavy atom. The zero-order chi connectivity index (χ0) is 11.8. The predicted octanol–water partition coefficient (Wildman–Crippen LogP) is 1.93. The fraction of sp³-hybridized carbons (Fsp3) is 0.167. The fourth-order valence-electron chi connectivity index (χ4n) is 1.86. The zero-order valence-electron chi connectivity index (χ0n) is 9.19. The Morgan fingerprint density at radius 1 is 1.35 bits per heavy atom. The highest BCUT2D eigenvalue weighted by Gasteiger charge is 2.16. The third-order valence-corrected chi connectivity index (χ3v) is 2.66. The smallest absolute Gasteiger partial charge is 0.231 e. The third kappa shape index (κ3) is 1.56. The highest BCUT2D eigenvalue weighted by atomic mass is 16.7. The molecular formula is C12H10N2O3. The Kier molecular flexibility index (Phi) is 2.11. The average molecular weight is 230 g/mol. The maximum atomic E-state index is 10.7. The van der Waals surface area contributed by atoms with E-state index in [2.05, 4.69) is 9.97 Å². The molecule has 86 valence electrons. The van der Waals surface area contributed by atoms with E-state index in [0.29, 0.717) is 17.9 Å². The first kappa shape index (κ1) is 9.89. The second kappa shape index (κ2) is 3.62. The monoisotopic (exact) mass is 230 g/mol. The summed E-state index contributed by atoms with van der Waals surface area (Å²) in [5.74, 6) is 1.77. The molecule has 1 aromatic heterocycles. The number of nitrogens with one attached hydrogen (secondary N) is 1. The van der Waals surface area contributed by atoms with Crippen LogP contribution in [0.1, 0.15) is 16.3 Å². The van der Waals surface area contributed by atoms with E-state index >= 15 is 0 Å². The number of H-pyrrole nitrogens is 1. The van der Waals surface area contributed by atoms with E-state index in [-0.39, 0.29) is 6.79 Å². The summed E-state index contributed by atoms with van der Waals surface area (Å²) in [4.78, 5) is 17.8. The standard InChI is InChI=1S/C12H10N2O3/c1-7-12(14-11(5-15)13-7)8-2-3-9-10(4-8)17-6-16-9/h2-5H,6H2,1H3,(H,13,14). The summed E-state index contributed by atoms with van der Waals surface area (Å²) in [7, 11) is 0. The lowest BCUT2D eigenvalue weighted by molar-refractivity contribution is 0.111. The molecule has 0 fully saturated rings. The minimum Gasteiger partial charge on any atom is -0.454 e. The Hall–Kier alpha value is -2.30. The number of aldehydes is 1. The van der Waals surface area contributed by atoms with Crippen molar-refractivity contribution in [3.8, 4) is 22.8 Å². The molecule has 2 heterocycles. The molecule has 17 heavy (non-hydrogen) atoms. The molecule has 0 unspecified atom stereocenters. The van der Waals surface area contributed by atoms with Crippen LogP contribution < -0.4 is 9.47 Å². The van der Waals surface area contributed by atoms with E-state index in [0.717, 1.165) is 22.7 Å². The molecule has 5 heteroatoms. The SMILES string of the molecule is Cc1[nH]c(C=O)nc1-c1ccc2c(c1)OCO2. The van der Waals surface area contributed by atoms with Gasteiger partial charge in [0.2, 0.25) is 6.79 Å². The van der Waals surface area contributed by atoms with Crippen LogP contribution in [0.4, 0.5) is 0 Å². The molecule has 0 radical (unpaired) electrons. The normalized spacial score (nSPS) is 12.8. The highest BCUT2D eigenvalue weighted by Crippen LogP contribution is 2.36. The molecule has 1 aliphatic heterocycles. The number of ether oxygens (including phenoxy) is 2. The van der Waals surface area contributed by atoms with Crippen LogP contribution in [0.2, 0.25) is 0 Å². The minimum atomic E-state index is 0.248. The van der Waals surface area contributed by atoms with E-state index in [4.69, 9.17) is 9.47 Å². The van der Waals surface area contributed by atoms with Crippen molar-refractivity contribution in [3.05, 3.63) is 29.7 Å². The lowest BCUT2D eigenvalue weighted by Crippen LogP contribution is -1.92. The van der Waals surface area contributed by atoms with E-state index < -0.39 is 0 Å². The molecule has 0 atom stereocenters. The number of aryl methyl sites for hydroxylation is 1. The summed E-state index contributed by atoms with van der Waals surface area (Å²) in [6.07, 6.45) is 0.698. The molecule has 1 aromatic carbocycles. The second-order valence-electron chi connectivity index (χ2n) is 3.78. The summed E-state index contributed by atoms with van der Waals surface area (Å²) >= 11 is 0. The molecule has 0 saturated heterocycles. The molecule has 0 bridgehead atoms. The minimum absolute atomic E-state index is 0.248. The molecule has 1 aliphatic rings. The van der Waals surface area contributed by atoms with Crippen molar-refractivity contribution in [3.63, 3.8) is 0 Å². The zero-order valence-corrected chi connectivity index (χ0v) is 9.19. The number of aromatic nitrogens is 2. The first-order chi connectivity index (χ1) is 8.28. The van der Waals surface area contributed by atoms with E-state index in [1.54, 1.807) is 0 Å². The van der Waals surface area contributed by atoms with Gasteiger partial charge in [-0.25, -0.2) is 4.98 Å². The first-order valence-electron chi connectivity index (χ1n) is 5.20. The lowest BCUT2D eigenvalue weighted by atomic mass is 10.1. The number of nitrogens with zero attached hydrogens (tertiary/aromatic N) is 1. The summed E-state index contributed by atoms with van der Waals surface area (Å²) in [5.41, 5.74) is 2.51. The van der Waals surface area contributed by atoms with Crippen LogP contribution >= 0.6 is 0 Å². The Bertz CT molecular complexity index is 589. The van der Waals surface area contributed by atoms with Gasteiger partial charge in [-0.1, -0.05) is 0 Å². The highest BCUT2D eigenvalue weighted by molar-refractivity contribution is 5.74. The van der Waals surface area contributed by atoms with Crippen molar-refractivity contribution in [1.82, 2.24) is 9.97 Å². The number of carbonyl (C=O) groups is 1. The number of hydrogen-bond donors (Lipinski definition) is 1. The fourth-order valence-corrected chi connectivity index (χ4v) is 1.86. The molecular weight excluding hydrogens is 220 g/mol. The third-order valence-electron chi connectivity index (χ3n) is 2.66. The molecule has 0 amide bonds. The number of aromatic amines is 1. The van der Waals surface area contributed by atoms with Crippen LogP contribution in [0, 0.1) is 6.92 Å². The van der Waals surface area contributed by atoms with Crippen molar-refractivity contribution in [1.29, 1.82) is 0 Å². The Balaban J connectivity index is 2.08. The molecule has 3 rings (SSSR count). The van der Waals surface area contributed by atoms with Crippen LogP contribution in [-0.4, -0.2) is 23.0 Å². The van der Waals surface area contributed by atoms with E-state index in [9.17, 15) is 4.79 Å². The van der Waals surface area contributed by atoms with Gasteiger partial charge in [-0.15, -0.1) is 0 Å². The predicted molar refractivity (Wildman–Crippen MR) is 60.3 cm³/mol. The summed E-state index contributed by atoms with van der Waals surface area (Å²) in [6, 6.07) is 5.59. The van der Waals surface area contributed by atoms with Crippen LogP contribution in [0.25, 0.3) is 11.3 Å². The number of fused-ring (bicyclic) bond motifs is 1. The number of hydrogen-bond acceptors (Lipinski definition) is 4. The van der Waals surface area contributed by atoms with Gasteiger partial charge in [-0.05, 0) is 25.1 Å². The van der Waals surface area contributed by atoms with Crippen LogP contribution in [0.3, 0.4) is 0 Å². The molecule has 5 nitrogen and oxygen atoms in total. The van der Waals surface area contributed by atoms with Crippen molar-refractivity contribution in [2.45, 2.75) is 6.92 Å². The van der Waals surface area contributed by atoms with Crippen LogP contribution in [0.5, 0.6) is 11.5 Å². The topological polar surface area (TPSA) is 64.2 Å². The van der Waals surface area contributed by atoms with Gasteiger partial charge in [-0.3, -0.25) is 4.79 Å². The van der Waals surface area contributed by atoms with Gasteiger partial charge in [-0.2, -0.15) is 0 Å². The summed E-state index contributed by atoms with van der Waals surface area (Å²) < 4.78 is 10.5. The van der Waals surface area contributed by atoms with E-state index in [1.807, 2.05) is 25.1 Å². The maximum Gasteiger partial charge on any atom is 0.231 e. The van der Waals surface area contributed by atoms with Crippen molar-refractivity contribution in [2.75, 3.05) is 6.79 Å². The summed E-state index contributed by atoms with van der Waals surface area (Å²) in [5, 5.41) is 0. The second-order valence-corrected chi connectivity index (χ2v) is 3.78. The molecule has 0 spiro atoms. The van der Waals surface area contributed by atoms with Gasteiger partial charge < -0.3 is 14.5 Å². The van der Waals surface area contributed by atoms with Crippen molar-refractivity contribution >= 4 is 6.29 Å². The van der Waals surface area contributed by atoms with Gasteiger partial charge in [0.1, 0.15) is 0 Å². The van der Waals surface area contributed by atoms with Gasteiger partial charge in [0.25, 0.3) is 0 Å². The first-order valence-corrected chi connectivity index (χ1v) is 5.20. The van der Waals surface area contributed by atoms with E-state index in [1.165, 1.54) is 0 Å². The quantitative estimate of drug-likeness (QED) is 0.800. The number of rotatable bonds is 2. The van der Waals surface area contributed by atoms with Crippen molar-refractivity contribution < 1.29 is 14.3 Å². The van der Waals surface area contributed by atoms with Crippen LogP contribution in [-0.2, 0) is 0 Å². The maximum absolute atomic E-state index is 10.7. The average Bonchev–Trinajstić information content (AvgIpc) is 2.93. The molecule has 2 aromatic rings. The van der Waals surface area contributed by atoms with Crippen molar-refractivity contribution in [2.24, 2.45) is 0 Å². The van der Waals surface area contributed by atoms with Gasteiger partial charge in [0, 0.05) is 11.3 Å². The molecule has 0 aliphatic carbocycles. The largest absolute Gasteiger partial charge is 0.454 e. The molecule has 1 N–H and O–H groups in total. The Labute approximate surface area is 97.4 Å². The van der Waals surface area contributed by atoms with Crippen LogP contribution in [0.15, 0.2) is 18.2 Å². The van der Waals surface area contributed by atoms with Gasteiger partial charge in [0.05, 0.1) is 5.69 Å². The number of carbonyl (C=O) groups excluding carboxylic acids is 1. The Morgan fingerprint density at radius 3 is 2.94 bits per heavy atom. The van der Waals surface area contributed by atoms with Gasteiger partial charge in [0.15, 0.2) is 23.6 Å².